The monoisotopic (exact) mass is 469 g/mol. The minimum absolute atomic E-state index is 0.103. The van der Waals surface area contributed by atoms with Gasteiger partial charge in [0.15, 0.2) is 5.43 Å². The molecule has 0 aliphatic carbocycles. The molecule has 0 radical (unpaired) electrons. The maximum Gasteiger partial charge on any atom is 0.290 e. The van der Waals surface area contributed by atoms with E-state index >= 15 is 0 Å². The minimum atomic E-state index is -0.589. The van der Waals surface area contributed by atoms with Crippen molar-refractivity contribution < 1.29 is 18.7 Å². The van der Waals surface area contributed by atoms with Gasteiger partial charge in [-0.3, -0.25) is 9.59 Å². The highest BCUT2D eigenvalue weighted by molar-refractivity contribution is 5.99. The van der Waals surface area contributed by atoms with Crippen molar-refractivity contribution in [3.8, 4) is 5.75 Å². The lowest BCUT2D eigenvalue weighted by molar-refractivity contribution is 0.0663. The van der Waals surface area contributed by atoms with E-state index in [0.29, 0.717) is 42.0 Å². The van der Waals surface area contributed by atoms with E-state index in [0.717, 1.165) is 22.3 Å². The molecule has 0 saturated heterocycles. The van der Waals surface area contributed by atoms with Crippen molar-refractivity contribution in [1.82, 2.24) is 4.90 Å². The number of methoxy groups -OCH3 is 1. The second-order valence-corrected chi connectivity index (χ2v) is 8.87. The standard InChI is InChI=1S/C29H27NO5/c1-18-14-19(2)27-23(15-18)26(31)24-25(30(12-13-33-3)29(32)28(24)35-27)21-10-7-11-22(16-21)34-17-20-8-5-4-6-9-20/h4-11,14-16,25H,12-13,17H2,1-3H3. The first-order chi connectivity index (χ1) is 17.0. The van der Waals surface area contributed by atoms with Crippen molar-refractivity contribution in [3.05, 3.63) is 111 Å². The van der Waals surface area contributed by atoms with Crippen LogP contribution in [0, 0.1) is 13.8 Å². The number of hydrogen-bond acceptors (Lipinski definition) is 5. The number of nitrogens with zero attached hydrogens (tertiary/aromatic N) is 1. The summed E-state index contributed by atoms with van der Waals surface area (Å²) in [7, 11) is 1.59. The van der Waals surface area contributed by atoms with Crippen LogP contribution in [0.15, 0.2) is 75.9 Å². The number of benzene rings is 3. The van der Waals surface area contributed by atoms with Gasteiger partial charge in [-0.15, -0.1) is 0 Å². The third-order valence-electron chi connectivity index (χ3n) is 6.36. The molecule has 1 aliphatic heterocycles. The smallest absolute Gasteiger partial charge is 0.290 e. The largest absolute Gasteiger partial charge is 0.489 e. The molecule has 3 aromatic carbocycles. The highest BCUT2D eigenvalue weighted by atomic mass is 16.5. The van der Waals surface area contributed by atoms with Gasteiger partial charge in [-0.05, 0) is 54.3 Å². The van der Waals surface area contributed by atoms with Crippen LogP contribution in [0.1, 0.15) is 44.4 Å². The van der Waals surface area contributed by atoms with Gasteiger partial charge >= 0.3 is 0 Å². The average molecular weight is 470 g/mol. The van der Waals surface area contributed by atoms with E-state index in [-0.39, 0.29) is 17.1 Å². The predicted octanol–water partition coefficient (Wildman–Crippen LogP) is 5.18. The van der Waals surface area contributed by atoms with Gasteiger partial charge in [-0.1, -0.05) is 48.5 Å². The number of fused-ring (bicyclic) bond motifs is 2. The number of carbonyl (C=O) groups excluding carboxylic acids is 1. The predicted molar refractivity (Wildman–Crippen MR) is 134 cm³/mol. The fourth-order valence-electron chi connectivity index (χ4n) is 4.76. The van der Waals surface area contributed by atoms with Gasteiger partial charge in [0.05, 0.1) is 23.6 Å². The van der Waals surface area contributed by atoms with E-state index in [1.165, 1.54) is 0 Å². The first-order valence-corrected chi connectivity index (χ1v) is 11.6. The highest BCUT2D eigenvalue weighted by Gasteiger charge is 2.42. The number of rotatable bonds is 7. The van der Waals surface area contributed by atoms with Gasteiger partial charge < -0.3 is 18.8 Å². The Morgan fingerprint density at radius 3 is 2.54 bits per heavy atom. The summed E-state index contributed by atoms with van der Waals surface area (Å²) in [4.78, 5) is 28.9. The Labute approximate surface area is 203 Å². The van der Waals surface area contributed by atoms with E-state index in [9.17, 15) is 9.59 Å². The Morgan fingerprint density at radius 2 is 1.77 bits per heavy atom. The molecule has 1 aromatic heterocycles. The van der Waals surface area contributed by atoms with Crippen LogP contribution in [0.5, 0.6) is 5.75 Å². The van der Waals surface area contributed by atoms with E-state index in [2.05, 4.69) is 0 Å². The zero-order valence-corrected chi connectivity index (χ0v) is 20.0. The van der Waals surface area contributed by atoms with Crippen LogP contribution in [0.3, 0.4) is 0 Å². The maximum atomic E-state index is 13.8. The molecule has 6 heteroatoms. The molecular weight excluding hydrogens is 442 g/mol. The Hall–Kier alpha value is -3.90. The van der Waals surface area contributed by atoms with Crippen LogP contribution < -0.4 is 10.2 Å². The van der Waals surface area contributed by atoms with Crippen molar-refractivity contribution in [2.45, 2.75) is 26.5 Å². The second kappa shape index (κ2) is 9.39. The van der Waals surface area contributed by atoms with Crippen LogP contribution in [-0.2, 0) is 11.3 Å². The quantitative estimate of drug-likeness (QED) is 0.373. The van der Waals surface area contributed by atoms with Crippen LogP contribution in [0.25, 0.3) is 11.0 Å². The first kappa shape index (κ1) is 22.9. The molecule has 178 valence electrons. The van der Waals surface area contributed by atoms with Crippen LogP contribution >= 0.6 is 0 Å². The molecule has 0 saturated carbocycles. The number of hydrogen-bond donors (Lipinski definition) is 0. The summed E-state index contributed by atoms with van der Waals surface area (Å²) in [5.74, 6) is 0.457. The molecule has 0 spiro atoms. The van der Waals surface area contributed by atoms with E-state index in [1.807, 2.05) is 80.6 Å². The number of carbonyl (C=O) groups is 1. The highest BCUT2D eigenvalue weighted by Crippen LogP contribution is 2.39. The van der Waals surface area contributed by atoms with E-state index < -0.39 is 6.04 Å². The van der Waals surface area contributed by atoms with Crippen LogP contribution in [-0.4, -0.2) is 31.1 Å². The summed E-state index contributed by atoms with van der Waals surface area (Å²) >= 11 is 0. The molecule has 1 amide bonds. The lowest BCUT2D eigenvalue weighted by Gasteiger charge is -2.25. The summed E-state index contributed by atoms with van der Waals surface area (Å²) in [6.07, 6.45) is 0. The van der Waals surface area contributed by atoms with Crippen LogP contribution in [0.4, 0.5) is 0 Å². The normalized spacial score (nSPS) is 15.0. The molecule has 35 heavy (non-hydrogen) atoms. The van der Waals surface area contributed by atoms with Crippen LogP contribution in [0.2, 0.25) is 0 Å². The van der Waals surface area contributed by atoms with Crippen molar-refractivity contribution >= 4 is 16.9 Å². The van der Waals surface area contributed by atoms with E-state index in [1.54, 1.807) is 12.0 Å². The minimum Gasteiger partial charge on any atom is -0.489 e. The van der Waals surface area contributed by atoms with Gasteiger partial charge in [-0.25, -0.2) is 0 Å². The number of ether oxygens (including phenoxy) is 2. The maximum absolute atomic E-state index is 13.8. The molecular formula is C29H27NO5. The molecule has 0 N–H and O–H groups in total. The summed E-state index contributed by atoms with van der Waals surface area (Å²) in [5, 5.41) is 0.490. The zero-order chi connectivity index (χ0) is 24.5. The lowest BCUT2D eigenvalue weighted by atomic mass is 9.97. The Morgan fingerprint density at radius 1 is 0.971 bits per heavy atom. The zero-order valence-electron chi connectivity index (χ0n) is 20.0. The fourth-order valence-corrected chi connectivity index (χ4v) is 4.76. The summed E-state index contributed by atoms with van der Waals surface area (Å²) in [6, 6.07) is 20.6. The van der Waals surface area contributed by atoms with E-state index in [4.69, 9.17) is 13.9 Å². The van der Waals surface area contributed by atoms with Gasteiger partial charge in [-0.2, -0.15) is 0 Å². The fraction of sp³-hybridized carbons (Fsp3) is 0.241. The number of aryl methyl sites for hydroxylation is 2. The SMILES string of the molecule is COCCN1C(=O)c2oc3c(C)cc(C)cc3c(=O)c2C1c1cccc(OCc2ccccc2)c1. The summed E-state index contributed by atoms with van der Waals surface area (Å²) in [5.41, 5.74) is 4.28. The second-order valence-electron chi connectivity index (χ2n) is 8.87. The van der Waals surface area contributed by atoms with Gasteiger partial charge in [0, 0.05) is 13.7 Å². The lowest BCUT2D eigenvalue weighted by Crippen LogP contribution is -2.32. The molecule has 0 bridgehead atoms. The van der Waals surface area contributed by atoms with Gasteiger partial charge in [0.25, 0.3) is 5.91 Å². The molecule has 5 rings (SSSR count). The Bertz CT molecular complexity index is 1460. The molecule has 4 aromatic rings. The molecule has 1 aliphatic rings. The number of amides is 1. The van der Waals surface area contributed by atoms with Crippen molar-refractivity contribution in [2.75, 3.05) is 20.3 Å². The summed E-state index contributed by atoms with van der Waals surface area (Å²) in [6.45, 7) is 4.92. The molecule has 1 atom stereocenters. The first-order valence-electron chi connectivity index (χ1n) is 11.6. The summed E-state index contributed by atoms with van der Waals surface area (Å²) < 4.78 is 17.4. The topological polar surface area (TPSA) is 69.0 Å². The van der Waals surface area contributed by atoms with Crippen molar-refractivity contribution in [3.63, 3.8) is 0 Å². The van der Waals surface area contributed by atoms with Crippen molar-refractivity contribution in [1.29, 1.82) is 0 Å². The molecule has 6 nitrogen and oxygen atoms in total. The Balaban J connectivity index is 1.60. The Kier molecular flexibility index (Phi) is 6.14. The third kappa shape index (κ3) is 4.21. The third-order valence-corrected chi connectivity index (χ3v) is 6.36. The van der Waals surface area contributed by atoms with Crippen molar-refractivity contribution in [2.24, 2.45) is 0 Å². The molecule has 1 unspecified atom stereocenters. The molecule has 2 heterocycles. The van der Waals surface area contributed by atoms with Gasteiger partial charge in [0.1, 0.15) is 17.9 Å². The molecule has 0 fully saturated rings. The average Bonchev–Trinajstić information content (AvgIpc) is 3.14. The van der Waals surface area contributed by atoms with Gasteiger partial charge in [0.2, 0.25) is 5.76 Å².